The predicted octanol–water partition coefficient (Wildman–Crippen LogP) is 1.90. The number of nitrogens with zero attached hydrogens (tertiary/aromatic N) is 2. The molecule has 14 nitrogen and oxygen atoms in total. The lowest BCUT2D eigenvalue weighted by Crippen LogP contribution is -2.58. The fourth-order valence-electron chi connectivity index (χ4n) is 6.59. The number of benzene rings is 2. The van der Waals surface area contributed by atoms with E-state index in [4.69, 9.17) is 0 Å². The van der Waals surface area contributed by atoms with Gasteiger partial charge < -0.3 is 31.3 Å². The summed E-state index contributed by atoms with van der Waals surface area (Å²) in [5.41, 5.74) is 1.13. The Bertz CT molecular complexity index is 1530. The molecule has 0 radical (unpaired) electrons. The molecule has 268 valence electrons. The summed E-state index contributed by atoms with van der Waals surface area (Å²) in [7, 11) is 1.66. The second-order valence-corrected chi connectivity index (χ2v) is 12.7. The van der Waals surface area contributed by atoms with Crippen molar-refractivity contribution in [2.75, 3.05) is 20.1 Å². The minimum absolute atomic E-state index is 0.00489. The highest BCUT2D eigenvalue weighted by molar-refractivity contribution is 6.38. The Hall–Kier alpha value is -5.11. The van der Waals surface area contributed by atoms with Gasteiger partial charge in [0, 0.05) is 6.54 Å². The molecule has 1 saturated heterocycles. The van der Waals surface area contributed by atoms with E-state index in [0.717, 1.165) is 42.6 Å². The number of imide groups is 1. The average Bonchev–Trinajstić information content (AvgIpc) is 3.45. The van der Waals surface area contributed by atoms with Crippen LogP contribution in [0, 0.1) is 5.92 Å². The lowest BCUT2D eigenvalue weighted by Gasteiger charge is -2.32. The van der Waals surface area contributed by atoms with E-state index < -0.39 is 72.1 Å². The van der Waals surface area contributed by atoms with E-state index >= 15 is 0 Å². The van der Waals surface area contributed by atoms with Crippen molar-refractivity contribution in [2.45, 2.75) is 82.6 Å². The molecule has 14 heteroatoms. The van der Waals surface area contributed by atoms with E-state index in [-0.39, 0.29) is 25.4 Å². The van der Waals surface area contributed by atoms with E-state index in [0.29, 0.717) is 12.0 Å². The number of hydrogen-bond acceptors (Lipinski definition) is 8. The maximum absolute atomic E-state index is 14.0. The molecule has 1 saturated carbocycles. The van der Waals surface area contributed by atoms with E-state index in [1.165, 1.54) is 17.0 Å². The van der Waals surface area contributed by atoms with Crippen LogP contribution in [0.3, 0.4) is 0 Å². The fraction of sp³-hybridized carbons (Fsp3) is 0.472. The topological polar surface area (TPSA) is 194 Å². The van der Waals surface area contributed by atoms with Crippen molar-refractivity contribution in [2.24, 2.45) is 5.92 Å². The summed E-state index contributed by atoms with van der Waals surface area (Å²) in [5, 5.41) is 19.8. The molecule has 1 heterocycles. The van der Waals surface area contributed by atoms with E-state index in [2.05, 4.69) is 21.3 Å². The first-order valence-electron chi connectivity index (χ1n) is 17.1. The van der Waals surface area contributed by atoms with Crippen LogP contribution in [0.15, 0.2) is 60.7 Å². The van der Waals surface area contributed by atoms with Crippen LogP contribution in [0.5, 0.6) is 0 Å². The highest BCUT2D eigenvalue weighted by atomic mass is 16.4. The smallest absolute Gasteiger partial charge is 0.330 e. The number of hydrogen-bond donors (Lipinski definition) is 5. The van der Waals surface area contributed by atoms with Crippen molar-refractivity contribution >= 4 is 41.4 Å². The zero-order chi connectivity index (χ0) is 36.2. The van der Waals surface area contributed by atoms with Gasteiger partial charge in [-0.2, -0.15) is 0 Å². The molecule has 2 aliphatic rings. The van der Waals surface area contributed by atoms with Gasteiger partial charge in [-0.3, -0.25) is 24.0 Å². The van der Waals surface area contributed by atoms with Gasteiger partial charge in [-0.1, -0.05) is 93.3 Å². The van der Waals surface area contributed by atoms with Crippen molar-refractivity contribution in [1.29, 1.82) is 0 Å². The van der Waals surface area contributed by atoms with Crippen LogP contribution < -0.4 is 21.3 Å². The SMILES string of the molecule is CCCC(NC(=O)C1CN(Cc2ccccc2)C(=O)N1C(=O)C(NC)C1CCCCC1)C(=O)C(=O)NCC(=O)N[C@H](C(=O)O)c1ccccc1. The van der Waals surface area contributed by atoms with Gasteiger partial charge in [0.15, 0.2) is 6.04 Å². The van der Waals surface area contributed by atoms with Crippen LogP contribution in [0.25, 0.3) is 0 Å². The van der Waals surface area contributed by atoms with Gasteiger partial charge in [0.2, 0.25) is 23.5 Å². The zero-order valence-corrected chi connectivity index (χ0v) is 28.4. The first-order valence-corrected chi connectivity index (χ1v) is 17.1. The van der Waals surface area contributed by atoms with Crippen LogP contribution in [0.4, 0.5) is 4.79 Å². The molecule has 1 aliphatic carbocycles. The Labute approximate surface area is 291 Å². The minimum atomic E-state index is -1.37. The van der Waals surface area contributed by atoms with Gasteiger partial charge in [0.05, 0.1) is 25.2 Å². The van der Waals surface area contributed by atoms with Gasteiger partial charge >= 0.3 is 12.0 Å². The number of amides is 6. The Kier molecular flexibility index (Phi) is 13.6. The summed E-state index contributed by atoms with van der Waals surface area (Å²) >= 11 is 0. The fourth-order valence-corrected chi connectivity index (χ4v) is 6.59. The number of Topliss-reactive ketones (excluding diaryl/α,β-unsaturated/α-hetero) is 1. The lowest BCUT2D eigenvalue weighted by molar-refractivity contribution is -0.143. The van der Waals surface area contributed by atoms with Gasteiger partial charge in [-0.25, -0.2) is 14.5 Å². The second-order valence-electron chi connectivity index (χ2n) is 12.7. The number of carbonyl (C=O) groups excluding carboxylic acids is 6. The molecular formula is C36H46N6O8. The summed E-state index contributed by atoms with van der Waals surface area (Å²) in [4.78, 5) is 94.6. The number of aliphatic carboxylic acids is 1. The van der Waals surface area contributed by atoms with Crippen molar-refractivity contribution in [3.63, 3.8) is 0 Å². The molecule has 3 unspecified atom stereocenters. The van der Waals surface area contributed by atoms with E-state index in [9.17, 15) is 38.7 Å². The number of carboxylic acid groups (broad SMARTS) is 1. The number of carbonyl (C=O) groups is 7. The third-order valence-corrected chi connectivity index (χ3v) is 9.17. The minimum Gasteiger partial charge on any atom is -0.479 e. The Balaban J connectivity index is 1.46. The quantitative estimate of drug-likeness (QED) is 0.164. The molecule has 1 aliphatic heterocycles. The highest BCUT2D eigenvalue weighted by Crippen LogP contribution is 2.29. The second kappa shape index (κ2) is 18.0. The van der Waals surface area contributed by atoms with Crippen LogP contribution >= 0.6 is 0 Å². The third kappa shape index (κ3) is 9.53. The molecular weight excluding hydrogens is 644 g/mol. The number of likely N-dealkylation sites (N-methyl/N-ethyl adjacent to an activating group) is 1. The number of ketones is 1. The molecule has 2 fully saturated rings. The van der Waals surface area contributed by atoms with Crippen LogP contribution in [0.2, 0.25) is 0 Å². The molecule has 6 amide bonds. The van der Waals surface area contributed by atoms with Crippen molar-refractivity contribution < 1.29 is 38.7 Å². The van der Waals surface area contributed by atoms with Gasteiger partial charge in [-0.05, 0) is 43.4 Å². The third-order valence-electron chi connectivity index (χ3n) is 9.17. The Morgan fingerprint density at radius 1 is 0.900 bits per heavy atom. The summed E-state index contributed by atoms with van der Waals surface area (Å²) in [5.74, 6) is -5.61. The molecule has 2 aromatic rings. The number of nitrogens with one attached hydrogen (secondary N) is 4. The maximum Gasteiger partial charge on any atom is 0.330 e. The van der Waals surface area contributed by atoms with Crippen LogP contribution in [-0.2, 0) is 35.3 Å². The first-order chi connectivity index (χ1) is 24.0. The maximum atomic E-state index is 14.0. The molecule has 4 rings (SSSR count). The molecule has 50 heavy (non-hydrogen) atoms. The lowest BCUT2D eigenvalue weighted by atomic mass is 9.83. The van der Waals surface area contributed by atoms with Crippen molar-refractivity contribution in [3.8, 4) is 0 Å². The van der Waals surface area contributed by atoms with Gasteiger partial charge in [-0.15, -0.1) is 0 Å². The van der Waals surface area contributed by atoms with Crippen molar-refractivity contribution in [1.82, 2.24) is 31.1 Å². The van der Waals surface area contributed by atoms with Crippen LogP contribution in [-0.4, -0.2) is 94.6 Å². The van der Waals surface area contributed by atoms with E-state index in [1.54, 1.807) is 32.2 Å². The molecule has 0 bridgehead atoms. The molecule has 2 aromatic carbocycles. The van der Waals surface area contributed by atoms with Gasteiger partial charge in [0.25, 0.3) is 5.91 Å². The summed E-state index contributed by atoms with van der Waals surface area (Å²) < 4.78 is 0. The molecule has 4 atom stereocenters. The molecule has 0 aromatic heterocycles. The predicted molar refractivity (Wildman–Crippen MR) is 182 cm³/mol. The molecule has 0 spiro atoms. The van der Waals surface area contributed by atoms with Gasteiger partial charge in [0.1, 0.15) is 6.04 Å². The summed E-state index contributed by atoms with van der Waals surface area (Å²) in [6, 6.07) is 11.9. The largest absolute Gasteiger partial charge is 0.479 e. The van der Waals surface area contributed by atoms with Crippen molar-refractivity contribution in [3.05, 3.63) is 71.8 Å². The van der Waals surface area contributed by atoms with E-state index in [1.807, 2.05) is 30.3 Å². The van der Waals surface area contributed by atoms with Crippen LogP contribution in [0.1, 0.15) is 69.0 Å². The zero-order valence-electron chi connectivity index (χ0n) is 28.4. The number of rotatable bonds is 16. The Morgan fingerprint density at radius 3 is 2.14 bits per heavy atom. The standard InChI is InChI=1S/C36H46N6O8/c1-3-13-26(31(44)33(46)38-20-28(43)40-30(35(48)49)25-18-11-6-12-19-25)39-32(45)27-22-41(21-23-14-7-4-8-15-23)36(50)42(27)34(47)29(37-2)24-16-9-5-10-17-24/h4,6-8,11-12,14-15,18-19,24,26-27,29-30,37H,3,5,9-10,13,16-17,20-22H2,1-2H3,(H,38,46)(H,39,45)(H,40,43)(H,48,49)/t26?,27?,29?,30-/m0/s1. The summed E-state index contributed by atoms with van der Waals surface area (Å²) in [6.45, 7) is 1.12. The summed E-state index contributed by atoms with van der Waals surface area (Å²) in [6.07, 6.45) is 5.10. The first kappa shape index (κ1) is 37.7. The highest BCUT2D eigenvalue weighted by Gasteiger charge is 2.48. The average molecular weight is 691 g/mol. The number of carboxylic acids is 1. The normalized spacial score (nSPS) is 18.1. The monoisotopic (exact) mass is 690 g/mol. The number of urea groups is 1. The molecule has 5 N–H and O–H groups in total. The Morgan fingerprint density at radius 2 is 1.54 bits per heavy atom.